The monoisotopic (exact) mass is 297 g/mol. The highest BCUT2D eigenvalue weighted by atomic mass is 16.5. The first kappa shape index (κ1) is 14.7. The lowest BCUT2D eigenvalue weighted by Crippen LogP contribution is -2.33. The van der Waals surface area contributed by atoms with Gasteiger partial charge in [0.1, 0.15) is 11.5 Å². The number of hydrogen-bond donors (Lipinski definition) is 0. The van der Waals surface area contributed by atoms with E-state index in [9.17, 15) is 4.79 Å². The Balaban J connectivity index is 1.69. The number of amides is 1. The van der Waals surface area contributed by atoms with E-state index in [-0.39, 0.29) is 12.0 Å². The third-order valence-corrected chi connectivity index (χ3v) is 3.80. The molecular formula is C17H19N3O2. The number of nitrogens with zero attached hydrogens (tertiary/aromatic N) is 3. The first-order chi connectivity index (χ1) is 10.7. The standard InChI is InChI=1S/C17H19N3O2/c1-13-18-9-7-15(19-13)17(21)20-10-8-16(22-12-11-20)14-5-3-2-4-6-14/h2-7,9,16H,8,10-12H2,1H3. The molecule has 22 heavy (non-hydrogen) atoms. The highest BCUT2D eigenvalue weighted by Gasteiger charge is 2.23. The molecule has 114 valence electrons. The molecule has 2 aromatic rings. The van der Waals surface area contributed by atoms with Crippen LogP contribution in [0.15, 0.2) is 42.6 Å². The number of aromatic nitrogens is 2. The van der Waals surface area contributed by atoms with Gasteiger partial charge in [-0.05, 0) is 25.0 Å². The smallest absolute Gasteiger partial charge is 0.272 e. The Hall–Kier alpha value is -2.27. The van der Waals surface area contributed by atoms with E-state index >= 15 is 0 Å². The summed E-state index contributed by atoms with van der Waals surface area (Å²) >= 11 is 0. The second kappa shape index (κ2) is 6.66. The molecule has 0 spiro atoms. The van der Waals surface area contributed by atoms with Crippen LogP contribution < -0.4 is 0 Å². The van der Waals surface area contributed by atoms with Crippen LogP contribution in [0.25, 0.3) is 0 Å². The summed E-state index contributed by atoms with van der Waals surface area (Å²) in [5.74, 6) is 0.557. The number of rotatable bonds is 2. The summed E-state index contributed by atoms with van der Waals surface area (Å²) in [5, 5.41) is 0. The summed E-state index contributed by atoms with van der Waals surface area (Å²) in [6.07, 6.45) is 2.46. The van der Waals surface area contributed by atoms with E-state index in [4.69, 9.17) is 4.74 Å². The predicted molar refractivity (Wildman–Crippen MR) is 82.4 cm³/mol. The fraction of sp³-hybridized carbons (Fsp3) is 0.353. The Morgan fingerprint density at radius 1 is 1.23 bits per heavy atom. The fourth-order valence-corrected chi connectivity index (χ4v) is 2.64. The molecule has 0 N–H and O–H groups in total. The Bertz CT molecular complexity index is 645. The zero-order valence-corrected chi connectivity index (χ0v) is 12.6. The highest BCUT2D eigenvalue weighted by molar-refractivity contribution is 5.92. The van der Waals surface area contributed by atoms with Gasteiger partial charge in [0.05, 0.1) is 12.7 Å². The van der Waals surface area contributed by atoms with E-state index in [1.54, 1.807) is 19.2 Å². The van der Waals surface area contributed by atoms with Gasteiger partial charge in [0, 0.05) is 19.3 Å². The molecule has 1 fully saturated rings. The molecule has 0 bridgehead atoms. The fourth-order valence-electron chi connectivity index (χ4n) is 2.64. The van der Waals surface area contributed by atoms with E-state index < -0.39 is 0 Å². The molecule has 1 amide bonds. The minimum atomic E-state index is -0.0530. The van der Waals surface area contributed by atoms with Crippen molar-refractivity contribution in [3.8, 4) is 0 Å². The summed E-state index contributed by atoms with van der Waals surface area (Å²) in [4.78, 5) is 22.6. The van der Waals surface area contributed by atoms with Crippen LogP contribution >= 0.6 is 0 Å². The normalized spacial score (nSPS) is 18.8. The third kappa shape index (κ3) is 3.31. The summed E-state index contributed by atoms with van der Waals surface area (Å²) < 4.78 is 5.90. The number of ether oxygens (including phenoxy) is 1. The van der Waals surface area contributed by atoms with Crippen molar-refractivity contribution in [1.29, 1.82) is 0 Å². The minimum Gasteiger partial charge on any atom is -0.372 e. The van der Waals surface area contributed by atoms with Crippen LogP contribution in [0.1, 0.15) is 34.4 Å². The van der Waals surface area contributed by atoms with Gasteiger partial charge in [-0.25, -0.2) is 9.97 Å². The van der Waals surface area contributed by atoms with Gasteiger partial charge in [0.25, 0.3) is 5.91 Å². The number of carbonyl (C=O) groups excluding carboxylic acids is 1. The van der Waals surface area contributed by atoms with Crippen LogP contribution in [0, 0.1) is 6.92 Å². The van der Waals surface area contributed by atoms with Crippen LogP contribution in [-0.2, 0) is 4.74 Å². The largest absolute Gasteiger partial charge is 0.372 e. The molecule has 1 aliphatic rings. The Morgan fingerprint density at radius 3 is 2.82 bits per heavy atom. The quantitative estimate of drug-likeness (QED) is 0.854. The molecule has 0 radical (unpaired) electrons. The summed E-state index contributed by atoms with van der Waals surface area (Å²) in [6.45, 7) is 3.58. The maximum absolute atomic E-state index is 12.5. The lowest BCUT2D eigenvalue weighted by atomic mass is 10.1. The van der Waals surface area contributed by atoms with Crippen molar-refractivity contribution in [3.05, 3.63) is 59.7 Å². The van der Waals surface area contributed by atoms with Crippen molar-refractivity contribution >= 4 is 5.91 Å². The molecule has 1 saturated heterocycles. The van der Waals surface area contributed by atoms with Crippen molar-refractivity contribution in [2.75, 3.05) is 19.7 Å². The number of carbonyl (C=O) groups is 1. The number of hydrogen-bond acceptors (Lipinski definition) is 4. The lowest BCUT2D eigenvalue weighted by Gasteiger charge is -2.19. The van der Waals surface area contributed by atoms with E-state index in [0.29, 0.717) is 31.2 Å². The Kier molecular flexibility index (Phi) is 4.44. The van der Waals surface area contributed by atoms with Crippen LogP contribution in [-0.4, -0.2) is 40.5 Å². The van der Waals surface area contributed by atoms with Crippen LogP contribution in [0.3, 0.4) is 0 Å². The lowest BCUT2D eigenvalue weighted by molar-refractivity contribution is 0.0583. The summed E-state index contributed by atoms with van der Waals surface area (Å²) in [5.41, 5.74) is 1.61. The molecule has 1 aromatic heterocycles. The molecule has 1 unspecified atom stereocenters. The van der Waals surface area contributed by atoms with E-state index in [1.165, 1.54) is 0 Å². The molecule has 1 aromatic carbocycles. The van der Waals surface area contributed by atoms with E-state index in [1.807, 2.05) is 23.1 Å². The second-order valence-electron chi connectivity index (χ2n) is 5.34. The number of aryl methyl sites for hydroxylation is 1. The van der Waals surface area contributed by atoms with Gasteiger partial charge in [-0.2, -0.15) is 0 Å². The zero-order chi connectivity index (χ0) is 15.4. The molecule has 1 aliphatic heterocycles. The summed E-state index contributed by atoms with van der Waals surface area (Å²) in [6, 6.07) is 11.8. The average molecular weight is 297 g/mol. The average Bonchev–Trinajstić information content (AvgIpc) is 2.81. The zero-order valence-electron chi connectivity index (χ0n) is 12.6. The van der Waals surface area contributed by atoms with Gasteiger partial charge in [-0.15, -0.1) is 0 Å². The van der Waals surface area contributed by atoms with E-state index in [0.717, 1.165) is 12.0 Å². The van der Waals surface area contributed by atoms with Crippen molar-refractivity contribution in [2.45, 2.75) is 19.4 Å². The van der Waals surface area contributed by atoms with Gasteiger partial charge in [0.15, 0.2) is 0 Å². The van der Waals surface area contributed by atoms with Crippen LogP contribution in [0.4, 0.5) is 0 Å². The van der Waals surface area contributed by atoms with Gasteiger partial charge in [-0.3, -0.25) is 4.79 Å². The topological polar surface area (TPSA) is 55.3 Å². The summed E-state index contributed by atoms with van der Waals surface area (Å²) in [7, 11) is 0. The molecule has 3 rings (SSSR count). The van der Waals surface area contributed by atoms with Crippen LogP contribution in [0.2, 0.25) is 0 Å². The molecule has 0 saturated carbocycles. The second-order valence-corrected chi connectivity index (χ2v) is 5.34. The SMILES string of the molecule is Cc1nccc(C(=O)N2CCOC(c3ccccc3)CC2)n1. The van der Waals surface area contributed by atoms with Gasteiger partial charge in [0.2, 0.25) is 0 Å². The molecular weight excluding hydrogens is 278 g/mol. The first-order valence-electron chi connectivity index (χ1n) is 7.49. The Labute approximate surface area is 130 Å². The predicted octanol–water partition coefficient (Wildman–Crippen LogP) is 2.39. The Morgan fingerprint density at radius 2 is 2.05 bits per heavy atom. The molecule has 1 atom stereocenters. The molecule has 5 nitrogen and oxygen atoms in total. The van der Waals surface area contributed by atoms with Gasteiger partial charge < -0.3 is 9.64 Å². The highest BCUT2D eigenvalue weighted by Crippen LogP contribution is 2.24. The third-order valence-electron chi connectivity index (χ3n) is 3.80. The van der Waals surface area contributed by atoms with Gasteiger partial charge in [-0.1, -0.05) is 30.3 Å². The van der Waals surface area contributed by atoms with Gasteiger partial charge >= 0.3 is 0 Å². The minimum absolute atomic E-state index is 0.0473. The maximum atomic E-state index is 12.5. The van der Waals surface area contributed by atoms with Crippen molar-refractivity contribution in [1.82, 2.24) is 14.9 Å². The van der Waals surface area contributed by atoms with Crippen molar-refractivity contribution in [3.63, 3.8) is 0 Å². The van der Waals surface area contributed by atoms with E-state index in [2.05, 4.69) is 22.1 Å². The molecule has 5 heteroatoms. The molecule has 2 heterocycles. The maximum Gasteiger partial charge on any atom is 0.272 e. The van der Waals surface area contributed by atoms with Crippen molar-refractivity contribution in [2.24, 2.45) is 0 Å². The number of benzene rings is 1. The molecule has 0 aliphatic carbocycles. The van der Waals surface area contributed by atoms with Crippen molar-refractivity contribution < 1.29 is 9.53 Å². The first-order valence-corrected chi connectivity index (χ1v) is 7.49. The van der Waals surface area contributed by atoms with Crippen LogP contribution in [0.5, 0.6) is 0 Å².